The van der Waals surface area contributed by atoms with Crippen LogP contribution in [0.15, 0.2) is 45.5 Å². The summed E-state index contributed by atoms with van der Waals surface area (Å²) in [6.45, 7) is 0. The summed E-state index contributed by atoms with van der Waals surface area (Å²) in [6, 6.07) is 4.51. The third-order valence-corrected chi connectivity index (χ3v) is 7.89. The Hall–Kier alpha value is -3.10. The first kappa shape index (κ1) is 22.1. The monoisotopic (exact) mass is 492 g/mol. The van der Waals surface area contributed by atoms with Gasteiger partial charge in [0.1, 0.15) is 22.8 Å². The second-order valence-corrected chi connectivity index (χ2v) is 9.63. The number of thioether (sulfide) groups is 2. The van der Waals surface area contributed by atoms with Crippen molar-refractivity contribution in [2.45, 2.75) is 17.2 Å². The maximum atomic E-state index is 12.8. The van der Waals surface area contributed by atoms with Crippen LogP contribution in [0.25, 0.3) is 0 Å². The molecule has 0 aromatic carbocycles. The Labute approximate surface area is 193 Å². The van der Waals surface area contributed by atoms with E-state index in [1.165, 1.54) is 33.8 Å². The highest BCUT2D eigenvalue weighted by molar-refractivity contribution is 8.05. The van der Waals surface area contributed by atoms with Crippen molar-refractivity contribution in [3.05, 3.63) is 51.8 Å². The van der Waals surface area contributed by atoms with Crippen LogP contribution in [0.2, 0.25) is 0 Å². The van der Waals surface area contributed by atoms with Crippen LogP contribution < -0.4 is 11.1 Å². The summed E-state index contributed by atoms with van der Waals surface area (Å²) < 4.78 is 0. The lowest BCUT2D eigenvalue weighted by Crippen LogP contribution is -2.71. The molecule has 2 aromatic heterocycles. The van der Waals surface area contributed by atoms with Gasteiger partial charge in [-0.3, -0.25) is 19.5 Å². The van der Waals surface area contributed by atoms with Crippen molar-refractivity contribution in [1.82, 2.24) is 20.2 Å². The van der Waals surface area contributed by atoms with E-state index >= 15 is 0 Å². The lowest BCUT2D eigenvalue weighted by molar-refractivity contribution is -0.150. The molecule has 2 aliphatic heterocycles. The highest BCUT2D eigenvalue weighted by Gasteiger charge is 2.54. The lowest BCUT2D eigenvalue weighted by Gasteiger charge is -2.49. The highest BCUT2D eigenvalue weighted by Crippen LogP contribution is 2.44. The summed E-state index contributed by atoms with van der Waals surface area (Å²) in [6.07, 6.45) is 1.66. The van der Waals surface area contributed by atoms with Gasteiger partial charge in [-0.05, 0) is 12.1 Å². The first-order chi connectivity index (χ1) is 15.4. The van der Waals surface area contributed by atoms with Gasteiger partial charge in [0.25, 0.3) is 11.8 Å². The quantitative estimate of drug-likeness (QED) is 0.189. The van der Waals surface area contributed by atoms with Crippen molar-refractivity contribution in [3.63, 3.8) is 0 Å². The number of nitrogen functional groups attached to an aromatic ring is 1. The minimum atomic E-state index is -1.22. The molecule has 32 heavy (non-hydrogen) atoms. The fraction of sp³-hybridized carbons (Fsp3) is 0.222. The zero-order valence-electron chi connectivity index (χ0n) is 16.2. The number of hydrogen-bond acceptors (Lipinski definition) is 11. The van der Waals surface area contributed by atoms with Gasteiger partial charge < -0.3 is 21.4 Å². The molecule has 166 valence electrons. The molecule has 0 radical (unpaired) electrons. The Morgan fingerprint density at radius 3 is 2.84 bits per heavy atom. The molecule has 2 atom stereocenters. The van der Waals surface area contributed by atoms with Crippen LogP contribution in [0, 0.1) is 0 Å². The number of fused-ring (bicyclic) bond motifs is 1. The van der Waals surface area contributed by atoms with Gasteiger partial charge in [-0.1, -0.05) is 11.2 Å². The van der Waals surface area contributed by atoms with Crippen molar-refractivity contribution >= 4 is 63.5 Å². The number of carboxylic acids is 1. The maximum absolute atomic E-state index is 12.8. The average Bonchev–Trinajstić information content (AvgIpc) is 3.22. The number of nitrogens with two attached hydrogens (primary N) is 1. The van der Waals surface area contributed by atoms with Crippen LogP contribution in [-0.4, -0.2) is 65.8 Å². The third kappa shape index (κ3) is 4.16. The number of amides is 2. The molecule has 0 unspecified atom stereocenters. The fourth-order valence-corrected chi connectivity index (χ4v) is 6.26. The minimum Gasteiger partial charge on any atom is -0.477 e. The summed E-state index contributed by atoms with van der Waals surface area (Å²) in [5, 5.41) is 25.5. The van der Waals surface area contributed by atoms with Gasteiger partial charge in [-0.15, -0.1) is 34.9 Å². The number of anilines is 1. The second kappa shape index (κ2) is 9.18. The number of thiazole rings is 1. The van der Waals surface area contributed by atoms with Gasteiger partial charge in [-0.2, -0.15) is 0 Å². The summed E-state index contributed by atoms with van der Waals surface area (Å²) in [7, 11) is 0. The molecule has 5 N–H and O–H groups in total. The van der Waals surface area contributed by atoms with E-state index in [0.29, 0.717) is 16.4 Å². The SMILES string of the molecule is Nc1nc(/C(=N/O)C(=O)N[C@@H]2C(=O)N3C(C(=O)O)=C(SCc4ccccn4)CS[C@H]23)cs1. The first-order valence-corrected chi connectivity index (χ1v) is 12.0. The van der Waals surface area contributed by atoms with Crippen molar-refractivity contribution in [2.75, 3.05) is 11.5 Å². The van der Waals surface area contributed by atoms with Gasteiger partial charge in [0.2, 0.25) is 0 Å². The van der Waals surface area contributed by atoms with Gasteiger partial charge in [0.15, 0.2) is 10.8 Å². The number of carbonyl (C=O) groups excluding carboxylic acids is 2. The number of oxime groups is 1. The van der Waals surface area contributed by atoms with Crippen LogP contribution in [0.3, 0.4) is 0 Å². The molecule has 0 aliphatic carbocycles. The van der Waals surface area contributed by atoms with E-state index in [0.717, 1.165) is 17.0 Å². The van der Waals surface area contributed by atoms with E-state index in [-0.39, 0.29) is 22.2 Å². The Balaban J connectivity index is 1.48. The number of carboxylic acid groups (broad SMARTS) is 1. The molecular formula is C18H16N6O5S3. The van der Waals surface area contributed by atoms with Crippen LogP contribution in [0.1, 0.15) is 11.4 Å². The number of pyridine rings is 1. The van der Waals surface area contributed by atoms with E-state index in [9.17, 15) is 24.7 Å². The van der Waals surface area contributed by atoms with Crippen LogP contribution >= 0.6 is 34.9 Å². The van der Waals surface area contributed by atoms with Gasteiger partial charge >= 0.3 is 5.97 Å². The van der Waals surface area contributed by atoms with Gasteiger partial charge in [0, 0.05) is 28.0 Å². The molecule has 4 rings (SSSR count). The fourth-order valence-electron chi connectivity index (χ4n) is 3.16. The van der Waals surface area contributed by atoms with Crippen molar-refractivity contribution < 1.29 is 24.7 Å². The number of nitrogens with zero attached hydrogens (tertiary/aromatic N) is 4. The molecule has 1 fully saturated rings. The number of β-lactam (4-membered cyclic amide) rings is 1. The van der Waals surface area contributed by atoms with Crippen molar-refractivity contribution in [2.24, 2.45) is 5.16 Å². The number of hydrogen-bond donors (Lipinski definition) is 4. The highest BCUT2D eigenvalue weighted by atomic mass is 32.2. The first-order valence-electron chi connectivity index (χ1n) is 9.08. The van der Waals surface area contributed by atoms with E-state index in [2.05, 4.69) is 20.4 Å². The Morgan fingerprint density at radius 1 is 1.41 bits per heavy atom. The third-order valence-electron chi connectivity index (χ3n) is 4.62. The Kier molecular flexibility index (Phi) is 6.34. The predicted octanol–water partition coefficient (Wildman–Crippen LogP) is 0.928. The maximum Gasteiger partial charge on any atom is 0.353 e. The second-order valence-electron chi connectivity index (χ2n) is 6.57. The molecule has 4 heterocycles. The molecule has 11 nitrogen and oxygen atoms in total. The normalized spacial score (nSPS) is 20.6. The number of rotatable bonds is 7. The largest absolute Gasteiger partial charge is 0.477 e. The number of aromatic nitrogens is 2. The summed E-state index contributed by atoms with van der Waals surface area (Å²) >= 11 is 3.72. The number of nitrogens with one attached hydrogen (secondary N) is 1. The Bertz CT molecular complexity index is 1140. The molecule has 2 aliphatic rings. The summed E-state index contributed by atoms with van der Waals surface area (Å²) in [4.78, 5) is 47.1. The van der Waals surface area contributed by atoms with Crippen LogP contribution in [0.4, 0.5) is 5.13 Å². The lowest BCUT2D eigenvalue weighted by atomic mass is 10.0. The van der Waals surface area contributed by atoms with E-state index in [1.54, 1.807) is 12.3 Å². The molecular weight excluding hydrogens is 476 g/mol. The standard InChI is InChI=1S/C18H16N6O5S3/c19-18-21-9(6-32-18)11(23-29)14(25)22-12-15(26)24-13(17(27)28)10(7-31-16(12)24)30-5-8-3-1-2-4-20-8/h1-4,6,12,16,29H,5,7H2,(H2,19,21)(H,22,25)(H,27,28)/b23-11-/t12-,16-/m1/s1. The van der Waals surface area contributed by atoms with E-state index < -0.39 is 29.2 Å². The molecule has 0 bridgehead atoms. The molecule has 14 heteroatoms. The molecule has 2 amide bonds. The van der Waals surface area contributed by atoms with E-state index in [1.807, 2.05) is 12.1 Å². The van der Waals surface area contributed by atoms with Crippen LogP contribution in [0.5, 0.6) is 0 Å². The molecule has 0 saturated carbocycles. The predicted molar refractivity (Wildman–Crippen MR) is 120 cm³/mol. The smallest absolute Gasteiger partial charge is 0.353 e. The molecule has 1 saturated heterocycles. The van der Waals surface area contributed by atoms with Crippen molar-refractivity contribution in [1.29, 1.82) is 0 Å². The number of aliphatic carboxylic acids is 1. The molecule has 2 aromatic rings. The summed E-state index contributed by atoms with van der Waals surface area (Å²) in [5.74, 6) is -1.75. The van der Waals surface area contributed by atoms with Crippen LogP contribution in [-0.2, 0) is 20.1 Å². The topological polar surface area (TPSA) is 171 Å². The van der Waals surface area contributed by atoms with Gasteiger partial charge in [0.05, 0.1) is 5.69 Å². The average molecular weight is 493 g/mol. The molecule has 0 spiro atoms. The minimum absolute atomic E-state index is 0.0757. The van der Waals surface area contributed by atoms with Crippen molar-refractivity contribution in [3.8, 4) is 0 Å². The zero-order valence-corrected chi connectivity index (χ0v) is 18.6. The van der Waals surface area contributed by atoms with Gasteiger partial charge in [-0.25, -0.2) is 9.78 Å². The van der Waals surface area contributed by atoms with E-state index in [4.69, 9.17) is 5.73 Å². The summed E-state index contributed by atoms with van der Waals surface area (Å²) in [5.41, 5.74) is 5.94. The Morgan fingerprint density at radius 2 is 2.22 bits per heavy atom. The number of carbonyl (C=O) groups is 3. The zero-order chi connectivity index (χ0) is 22.8.